The van der Waals surface area contributed by atoms with Gasteiger partial charge in [0.15, 0.2) is 5.11 Å². The molecule has 78 valence electrons. The van der Waals surface area contributed by atoms with Crippen LogP contribution in [0.1, 0.15) is 12.8 Å². The Hall–Kier alpha value is -0.610. The van der Waals surface area contributed by atoms with E-state index >= 15 is 0 Å². The quantitative estimate of drug-likeness (QED) is 0.468. The summed E-state index contributed by atoms with van der Waals surface area (Å²) in [5, 5.41) is 15.6. The first-order chi connectivity index (χ1) is 6.79. The van der Waals surface area contributed by atoms with Crippen molar-refractivity contribution in [2.75, 3.05) is 13.2 Å². The van der Waals surface area contributed by atoms with Crippen LogP contribution in [0.4, 0.5) is 0 Å². The van der Waals surface area contributed by atoms with Gasteiger partial charge in [0.05, 0.1) is 6.61 Å². The highest BCUT2D eigenvalue weighted by Gasteiger charge is 2.35. The SMILES string of the molecule is OCCNC(=S)N[C@H]1C[C@@H]2C=C[C@@H]1C2. The van der Waals surface area contributed by atoms with Crippen LogP contribution in [-0.4, -0.2) is 29.4 Å². The van der Waals surface area contributed by atoms with E-state index in [2.05, 4.69) is 22.8 Å². The summed E-state index contributed by atoms with van der Waals surface area (Å²) >= 11 is 5.11. The molecule has 1 fully saturated rings. The third kappa shape index (κ3) is 2.07. The van der Waals surface area contributed by atoms with Gasteiger partial charge in [-0.1, -0.05) is 12.2 Å². The molecule has 2 aliphatic carbocycles. The van der Waals surface area contributed by atoms with E-state index < -0.39 is 0 Å². The molecule has 0 aromatic heterocycles. The Bertz CT molecular complexity index is 255. The zero-order chi connectivity index (χ0) is 9.97. The number of hydrogen-bond acceptors (Lipinski definition) is 2. The van der Waals surface area contributed by atoms with E-state index in [4.69, 9.17) is 17.3 Å². The second kappa shape index (κ2) is 4.28. The predicted octanol–water partition coefficient (Wildman–Crippen LogP) is 0.407. The summed E-state index contributed by atoms with van der Waals surface area (Å²) in [7, 11) is 0. The molecule has 0 amide bonds. The van der Waals surface area contributed by atoms with Crippen molar-refractivity contribution in [3.05, 3.63) is 12.2 Å². The first-order valence-electron chi connectivity index (χ1n) is 5.13. The van der Waals surface area contributed by atoms with Crippen LogP contribution in [0.5, 0.6) is 0 Å². The monoisotopic (exact) mass is 212 g/mol. The highest BCUT2D eigenvalue weighted by molar-refractivity contribution is 7.80. The largest absolute Gasteiger partial charge is 0.395 e. The summed E-state index contributed by atoms with van der Waals surface area (Å²) in [5.41, 5.74) is 0. The van der Waals surface area contributed by atoms with Crippen LogP contribution < -0.4 is 10.6 Å². The Morgan fingerprint density at radius 3 is 2.86 bits per heavy atom. The van der Waals surface area contributed by atoms with Crippen LogP contribution in [0.2, 0.25) is 0 Å². The van der Waals surface area contributed by atoms with Crippen molar-refractivity contribution in [1.82, 2.24) is 10.6 Å². The van der Waals surface area contributed by atoms with E-state index in [-0.39, 0.29) is 6.61 Å². The summed E-state index contributed by atoms with van der Waals surface area (Å²) in [6, 6.07) is 0.503. The molecule has 0 aromatic carbocycles. The minimum Gasteiger partial charge on any atom is -0.395 e. The number of nitrogens with one attached hydrogen (secondary N) is 2. The van der Waals surface area contributed by atoms with Crippen molar-refractivity contribution in [2.45, 2.75) is 18.9 Å². The molecule has 0 saturated heterocycles. The van der Waals surface area contributed by atoms with Crippen molar-refractivity contribution in [3.63, 3.8) is 0 Å². The van der Waals surface area contributed by atoms with E-state index in [0.29, 0.717) is 23.6 Å². The van der Waals surface area contributed by atoms with Crippen LogP contribution in [0, 0.1) is 11.8 Å². The molecule has 3 nitrogen and oxygen atoms in total. The van der Waals surface area contributed by atoms with Crippen LogP contribution in [-0.2, 0) is 0 Å². The molecule has 14 heavy (non-hydrogen) atoms. The van der Waals surface area contributed by atoms with Gasteiger partial charge in [-0.3, -0.25) is 0 Å². The Morgan fingerprint density at radius 2 is 2.29 bits per heavy atom. The standard InChI is InChI=1S/C10H16N2OS/c13-4-3-11-10(14)12-9-6-7-1-2-8(9)5-7/h1-2,7-9,13H,3-6H2,(H2,11,12,14)/t7-,8-,9+/m1/s1. The molecular weight excluding hydrogens is 196 g/mol. The minimum atomic E-state index is 0.123. The summed E-state index contributed by atoms with van der Waals surface area (Å²) in [4.78, 5) is 0. The Kier molecular flexibility index (Phi) is 3.03. The van der Waals surface area contributed by atoms with Gasteiger partial charge >= 0.3 is 0 Å². The number of allylic oxidation sites excluding steroid dienone is 1. The Balaban J connectivity index is 1.76. The lowest BCUT2D eigenvalue weighted by Crippen LogP contribution is -2.44. The van der Waals surface area contributed by atoms with Gasteiger partial charge in [0.2, 0.25) is 0 Å². The van der Waals surface area contributed by atoms with Gasteiger partial charge in [-0.05, 0) is 36.9 Å². The van der Waals surface area contributed by atoms with Crippen LogP contribution in [0.15, 0.2) is 12.2 Å². The Morgan fingerprint density at radius 1 is 1.43 bits per heavy atom. The summed E-state index contributed by atoms with van der Waals surface area (Å²) < 4.78 is 0. The average molecular weight is 212 g/mol. The van der Waals surface area contributed by atoms with Gasteiger partial charge in [-0.2, -0.15) is 0 Å². The van der Waals surface area contributed by atoms with E-state index in [1.165, 1.54) is 12.8 Å². The summed E-state index contributed by atoms with van der Waals surface area (Å²) in [5.74, 6) is 1.42. The fourth-order valence-electron chi connectivity index (χ4n) is 2.34. The number of thiocarbonyl (C=S) groups is 1. The van der Waals surface area contributed by atoms with Gasteiger partial charge < -0.3 is 15.7 Å². The molecule has 3 N–H and O–H groups in total. The van der Waals surface area contributed by atoms with E-state index in [1.807, 2.05) is 0 Å². The third-order valence-corrected chi connectivity index (χ3v) is 3.25. The van der Waals surface area contributed by atoms with Gasteiger partial charge in [-0.25, -0.2) is 0 Å². The first kappa shape index (κ1) is 9.93. The summed E-state index contributed by atoms with van der Waals surface area (Å²) in [6.45, 7) is 0.654. The fraction of sp³-hybridized carbons (Fsp3) is 0.700. The molecular formula is C10H16N2OS. The van der Waals surface area contributed by atoms with Gasteiger partial charge in [-0.15, -0.1) is 0 Å². The smallest absolute Gasteiger partial charge is 0.166 e. The molecule has 0 aliphatic heterocycles. The number of aliphatic hydroxyl groups excluding tert-OH is 1. The highest BCUT2D eigenvalue weighted by Crippen LogP contribution is 2.38. The van der Waals surface area contributed by atoms with Crippen molar-refractivity contribution in [2.24, 2.45) is 11.8 Å². The second-order valence-corrected chi connectivity index (χ2v) is 4.42. The molecule has 0 aromatic rings. The molecule has 4 heteroatoms. The molecule has 2 aliphatic rings. The number of fused-ring (bicyclic) bond motifs is 2. The van der Waals surface area contributed by atoms with E-state index in [1.54, 1.807) is 0 Å². The normalized spacial score (nSPS) is 33.4. The van der Waals surface area contributed by atoms with Crippen LogP contribution >= 0.6 is 12.2 Å². The average Bonchev–Trinajstić information content (AvgIpc) is 2.76. The summed E-state index contributed by atoms with van der Waals surface area (Å²) in [6.07, 6.45) is 7.08. The molecule has 0 radical (unpaired) electrons. The lowest BCUT2D eigenvalue weighted by atomic mass is 10.0. The van der Waals surface area contributed by atoms with Crippen LogP contribution in [0.3, 0.4) is 0 Å². The number of hydrogen-bond donors (Lipinski definition) is 3. The van der Waals surface area contributed by atoms with Crippen molar-refractivity contribution < 1.29 is 5.11 Å². The molecule has 0 unspecified atom stereocenters. The molecule has 2 rings (SSSR count). The molecule has 0 heterocycles. The number of rotatable bonds is 3. The third-order valence-electron chi connectivity index (χ3n) is 2.99. The van der Waals surface area contributed by atoms with Gasteiger partial charge in [0, 0.05) is 12.6 Å². The highest BCUT2D eigenvalue weighted by atomic mass is 32.1. The maximum Gasteiger partial charge on any atom is 0.166 e. The maximum atomic E-state index is 8.62. The number of aliphatic hydroxyl groups is 1. The van der Waals surface area contributed by atoms with Gasteiger partial charge in [0.25, 0.3) is 0 Å². The maximum absolute atomic E-state index is 8.62. The van der Waals surface area contributed by atoms with E-state index in [9.17, 15) is 0 Å². The zero-order valence-electron chi connectivity index (χ0n) is 8.07. The Labute approximate surface area is 89.6 Å². The predicted molar refractivity (Wildman–Crippen MR) is 60.0 cm³/mol. The van der Waals surface area contributed by atoms with Gasteiger partial charge in [0.1, 0.15) is 0 Å². The lowest BCUT2D eigenvalue weighted by molar-refractivity contribution is 0.300. The second-order valence-electron chi connectivity index (χ2n) is 4.01. The fourth-order valence-corrected chi connectivity index (χ4v) is 2.59. The molecule has 2 bridgehead atoms. The van der Waals surface area contributed by atoms with Crippen molar-refractivity contribution >= 4 is 17.3 Å². The molecule has 1 saturated carbocycles. The van der Waals surface area contributed by atoms with Crippen molar-refractivity contribution in [3.8, 4) is 0 Å². The lowest BCUT2D eigenvalue weighted by Gasteiger charge is -2.21. The first-order valence-corrected chi connectivity index (χ1v) is 5.54. The van der Waals surface area contributed by atoms with Crippen molar-refractivity contribution in [1.29, 1.82) is 0 Å². The molecule has 0 spiro atoms. The van der Waals surface area contributed by atoms with E-state index in [0.717, 1.165) is 5.92 Å². The van der Waals surface area contributed by atoms with Crippen LogP contribution in [0.25, 0.3) is 0 Å². The zero-order valence-corrected chi connectivity index (χ0v) is 8.89. The minimum absolute atomic E-state index is 0.123. The molecule has 3 atom stereocenters. The topological polar surface area (TPSA) is 44.3 Å².